The van der Waals surface area contributed by atoms with Crippen LogP contribution in [0.25, 0.3) is 10.6 Å². The highest BCUT2D eigenvalue weighted by molar-refractivity contribution is 7.15. The van der Waals surface area contributed by atoms with Gasteiger partial charge in [-0.25, -0.2) is 15.0 Å². The van der Waals surface area contributed by atoms with Crippen molar-refractivity contribution in [1.29, 1.82) is 0 Å². The number of rotatable bonds is 2. The number of nitrogen functional groups attached to an aromatic ring is 1. The summed E-state index contributed by atoms with van der Waals surface area (Å²) in [5.74, 6) is 0.0593. The SMILES string of the molecule is Nc1cnc(-c2cc3c(s2)CCOC32CCN(C(=O)c3ncccc3O)CC2)cn1. The number of carbonyl (C=O) groups excluding carboxylic acids is 1. The number of anilines is 1. The van der Waals surface area contributed by atoms with Gasteiger partial charge in [0.25, 0.3) is 5.91 Å². The van der Waals surface area contributed by atoms with Crippen LogP contribution in [0, 0.1) is 0 Å². The number of aromatic hydroxyl groups is 1. The molecule has 0 unspecified atom stereocenters. The molecule has 1 saturated heterocycles. The van der Waals surface area contributed by atoms with Gasteiger partial charge in [-0.1, -0.05) is 0 Å². The van der Waals surface area contributed by atoms with Crippen LogP contribution in [0.15, 0.2) is 36.8 Å². The van der Waals surface area contributed by atoms with Gasteiger partial charge < -0.3 is 20.5 Å². The van der Waals surface area contributed by atoms with Gasteiger partial charge >= 0.3 is 0 Å². The van der Waals surface area contributed by atoms with Gasteiger partial charge in [0, 0.05) is 30.6 Å². The second kappa shape index (κ2) is 7.33. The fourth-order valence-corrected chi connectivity index (χ4v) is 5.40. The molecule has 1 amide bonds. The van der Waals surface area contributed by atoms with Crippen LogP contribution >= 0.6 is 11.3 Å². The van der Waals surface area contributed by atoms with Crippen molar-refractivity contribution in [3.63, 3.8) is 0 Å². The van der Waals surface area contributed by atoms with Gasteiger partial charge in [0.2, 0.25) is 0 Å². The monoisotopic (exact) mass is 423 g/mol. The summed E-state index contributed by atoms with van der Waals surface area (Å²) in [4.78, 5) is 29.5. The van der Waals surface area contributed by atoms with Gasteiger partial charge in [-0.05, 0) is 36.6 Å². The molecule has 0 atom stereocenters. The predicted molar refractivity (Wildman–Crippen MR) is 112 cm³/mol. The molecule has 3 aromatic rings. The Hall–Kier alpha value is -3.04. The van der Waals surface area contributed by atoms with E-state index in [1.807, 2.05) is 0 Å². The lowest BCUT2D eigenvalue weighted by Gasteiger charge is -2.44. The first-order valence-corrected chi connectivity index (χ1v) is 10.7. The zero-order chi connectivity index (χ0) is 20.7. The van der Waals surface area contributed by atoms with Crippen molar-refractivity contribution in [3.05, 3.63) is 52.9 Å². The van der Waals surface area contributed by atoms with Crippen molar-refractivity contribution in [2.45, 2.75) is 24.9 Å². The maximum Gasteiger partial charge on any atom is 0.276 e. The summed E-state index contributed by atoms with van der Waals surface area (Å²) >= 11 is 1.72. The van der Waals surface area contributed by atoms with Crippen LogP contribution < -0.4 is 5.73 Å². The number of carbonyl (C=O) groups is 1. The average molecular weight is 423 g/mol. The fraction of sp³-hybridized carbons (Fsp3) is 0.333. The molecule has 0 aromatic carbocycles. The van der Waals surface area contributed by atoms with Gasteiger partial charge in [0.05, 0.1) is 35.2 Å². The van der Waals surface area contributed by atoms with Gasteiger partial charge in [0.1, 0.15) is 11.6 Å². The van der Waals surface area contributed by atoms with Gasteiger partial charge in [-0.3, -0.25) is 4.79 Å². The molecule has 0 saturated carbocycles. The minimum absolute atomic E-state index is 0.0916. The number of amides is 1. The quantitative estimate of drug-likeness (QED) is 0.651. The van der Waals surface area contributed by atoms with Crippen LogP contribution in [0.4, 0.5) is 5.82 Å². The van der Waals surface area contributed by atoms with Crippen molar-refractivity contribution in [1.82, 2.24) is 19.9 Å². The molecule has 0 radical (unpaired) electrons. The Bertz CT molecular complexity index is 1090. The second-order valence-electron chi connectivity index (χ2n) is 7.53. The number of nitrogens with zero attached hydrogens (tertiary/aromatic N) is 4. The third-order valence-corrected chi connectivity index (χ3v) is 7.00. The van der Waals surface area contributed by atoms with Crippen molar-refractivity contribution >= 4 is 23.1 Å². The Morgan fingerprint density at radius 3 is 2.80 bits per heavy atom. The van der Waals surface area contributed by atoms with Crippen LogP contribution in [0.1, 0.15) is 33.8 Å². The maximum absolute atomic E-state index is 12.8. The summed E-state index contributed by atoms with van der Waals surface area (Å²) in [6.07, 6.45) is 7.04. The first kappa shape index (κ1) is 19.0. The van der Waals surface area contributed by atoms with E-state index in [4.69, 9.17) is 10.5 Å². The molecule has 5 rings (SSSR count). The van der Waals surface area contributed by atoms with Gasteiger partial charge in [0.15, 0.2) is 5.69 Å². The molecule has 5 heterocycles. The van der Waals surface area contributed by atoms with Crippen LogP contribution in [-0.2, 0) is 16.8 Å². The highest BCUT2D eigenvalue weighted by Crippen LogP contribution is 2.46. The predicted octanol–water partition coefficient (Wildman–Crippen LogP) is 2.59. The number of thiophene rings is 1. The lowest BCUT2D eigenvalue weighted by molar-refractivity contribution is -0.0926. The first-order valence-electron chi connectivity index (χ1n) is 9.84. The van der Waals surface area contributed by atoms with E-state index in [9.17, 15) is 9.90 Å². The zero-order valence-corrected chi connectivity index (χ0v) is 17.1. The lowest BCUT2D eigenvalue weighted by atomic mass is 9.82. The zero-order valence-electron chi connectivity index (χ0n) is 16.2. The third-order valence-electron chi connectivity index (χ3n) is 5.78. The number of hydrogen-bond acceptors (Lipinski definition) is 8. The van der Waals surface area contributed by atoms with Crippen molar-refractivity contribution in [3.8, 4) is 16.3 Å². The number of piperidine rings is 1. The number of likely N-dealkylation sites (tertiary alicyclic amines) is 1. The summed E-state index contributed by atoms with van der Waals surface area (Å²) in [5.41, 5.74) is 7.36. The lowest BCUT2D eigenvalue weighted by Crippen LogP contribution is -2.48. The summed E-state index contributed by atoms with van der Waals surface area (Å²) in [6.45, 7) is 1.75. The molecule has 0 bridgehead atoms. The average Bonchev–Trinajstić information content (AvgIpc) is 3.21. The molecule has 1 spiro atoms. The highest BCUT2D eigenvalue weighted by Gasteiger charge is 2.43. The molecular weight excluding hydrogens is 402 g/mol. The largest absolute Gasteiger partial charge is 0.505 e. The molecule has 154 valence electrons. The van der Waals surface area contributed by atoms with E-state index in [1.54, 1.807) is 34.7 Å². The number of nitrogens with two attached hydrogens (primary N) is 1. The number of fused-ring (bicyclic) bond motifs is 2. The van der Waals surface area contributed by atoms with E-state index in [0.717, 1.165) is 17.0 Å². The molecule has 0 aliphatic carbocycles. The van der Waals surface area contributed by atoms with E-state index in [2.05, 4.69) is 21.0 Å². The number of aromatic nitrogens is 3. The van der Waals surface area contributed by atoms with E-state index in [0.29, 0.717) is 38.4 Å². The van der Waals surface area contributed by atoms with Gasteiger partial charge in [-0.15, -0.1) is 11.3 Å². The fourth-order valence-electron chi connectivity index (χ4n) is 4.20. The van der Waals surface area contributed by atoms with Crippen molar-refractivity contribution in [2.24, 2.45) is 0 Å². The van der Waals surface area contributed by atoms with Crippen molar-refractivity contribution in [2.75, 3.05) is 25.4 Å². The Balaban J connectivity index is 1.38. The second-order valence-corrected chi connectivity index (χ2v) is 8.67. The molecule has 3 aromatic heterocycles. The minimum Gasteiger partial charge on any atom is -0.505 e. The smallest absolute Gasteiger partial charge is 0.276 e. The Labute approximate surface area is 177 Å². The van der Waals surface area contributed by atoms with Crippen LogP contribution in [0.5, 0.6) is 5.75 Å². The molecule has 9 heteroatoms. The molecule has 8 nitrogen and oxygen atoms in total. The Kier molecular flexibility index (Phi) is 4.63. The molecule has 30 heavy (non-hydrogen) atoms. The van der Waals surface area contributed by atoms with Crippen LogP contribution in [-0.4, -0.2) is 50.6 Å². The standard InChI is InChI=1S/C21H21N5O3S/c22-18-12-24-14(11-25-18)17-10-13-16(30-17)3-9-29-21(13)4-7-26(8-5-21)20(28)19-15(27)2-1-6-23-19/h1-2,6,10-12,27H,3-5,7-9H2,(H2,22,25). The normalized spacial score (nSPS) is 17.7. The summed E-state index contributed by atoms with van der Waals surface area (Å²) < 4.78 is 6.31. The molecule has 2 aliphatic heterocycles. The molecule has 2 aliphatic rings. The summed E-state index contributed by atoms with van der Waals surface area (Å²) in [6, 6.07) is 5.24. The van der Waals surface area contributed by atoms with E-state index in [-0.39, 0.29) is 17.4 Å². The van der Waals surface area contributed by atoms with E-state index in [1.165, 1.54) is 22.7 Å². The van der Waals surface area contributed by atoms with Crippen LogP contribution in [0.2, 0.25) is 0 Å². The summed E-state index contributed by atoms with van der Waals surface area (Å²) in [7, 11) is 0. The Morgan fingerprint density at radius 1 is 1.23 bits per heavy atom. The van der Waals surface area contributed by atoms with E-state index >= 15 is 0 Å². The number of ether oxygens (including phenoxy) is 1. The topological polar surface area (TPSA) is 114 Å². The Morgan fingerprint density at radius 2 is 2.07 bits per heavy atom. The van der Waals surface area contributed by atoms with Gasteiger partial charge in [-0.2, -0.15) is 0 Å². The number of pyridine rings is 1. The molecule has 1 fully saturated rings. The molecular formula is C21H21N5O3S. The highest BCUT2D eigenvalue weighted by atomic mass is 32.1. The molecule has 3 N–H and O–H groups in total. The van der Waals surface area contributed by atoms with Crippen LogP contribution in [0.3, 0.4) is 0 Å². The third kappa shape index (κ3) is 3.20. The van der Waals surface area contributed by atoms with E-state index < -0.39 is 5.60 Å². The minimum atomic E-state index is -0.396. The maximum atomic E-state index is 12.8. The number of hydrogen-bond donors (Lipinski definition) is 2. The first-order chi connectivity index (χ1) is 14.6. The van der Waals surface area contributed by atoms with Crippen molar-refractivity contribution < 1.29 is 14.6 Å². The summed E-state index contributed by atoms with van der Waals surface area (Å²) in [5, 5.41) is 9.96.